The van der Waals surface area contributed by atoms with Gasteiger partial charge in [0.1, 0.15) is 6.04 Å². The molecule has 2 heterocycles. The van der Waals surface area contributed by atoms with Gasteiger partial charge >= 0.3 is 5.97 Å². The summed E-state index contributed by atoms with van der Waals surface area (Å²) in [6.07, 6.45) is 0.295. The monoisotopic (exact) mass is 364 g/mol. The third-order valence-corrected chi connectivity index (χ3v) is 6.06. The fourth-order valence-corrected chi connectivity index (χ4v) is 4.10. The Kier molecular flexibility index (Phi) is 4.91. The van der Waals surface area contributed by atoms with E-state index in [1.54, 1.807) is 19.9 Å². The fraction of sp³-hybridized carbons (Fsp3) is 0.412. The Morgan fingerprint density at radius 2 is 2.08 bits per heavy atom. The second-order valence-electron chi connectivity index (χ2n) is 5.98. The standard InChI is InChI=1S/C17H20N2O5S/c1-3-25(21,22)19-10-14-7-5-4-6-13(14)9-16(19)17(20)23-11-15-8-12(2)18-24-15/h4-8,16H,3,9-11H2,1-2H3. The molecule has 2 aromatic rings. The summed E-state index contributed by atoms with van der Waals surface area (Å²) in [5.74, 6) is -0.229. The molecule has 1 atom stereocenters. The summed E-state index contributed by atoms with van der Waals surface area (Å²) in [4.78, 5) is 12.6. The van der Waals surface area contributed by atoms with E-state index in [0.717, 1.165) is 11.1 Å². The van der Waals surface area contributed by atoms with Crippen LogP contribution in [0.1, 0.15) is 29.5 Å². The van der Waals surface area contributed by atoms with Crippen molar-refractivity contribution in [1.29, 1.82) is 0 Å². The van der Waals surface area contributed by atoms with Crippen LogP contribution in [0.3, 0.4) is 0 Å². The lowest BCUT2D eigenvalue weighted by molar-refractivity contribution is -0.150. The smallest absolute Gasteiger partial charge is 0.325 e. The number of nitrogens with zero attached hydrogens (tertiary/aromatic N) is 2. The first kappa shape index (κ1) is 17.6. The van der Waals surface area contributed by atoms with Gasteiger partial charge in [-0.2, -0.15) is 4.31 Å². The van der Waals surface area contributed by atoms with Gasteiger partial charge in [0.05, 0.1) is 11.4 Å². The summed E-state index contributed by atoms with van der Waals surface area (Å²) in [5.41, 5.74) is 2.56. The lowest BCUT2D eigenvalue weighted by atomic mass is 9.96. The molecule has 7 nitrogen and oxygen atoms in total. The molecule has 0 aliphatic carbocycles. The van der Waals surface area contributed by atoms with Crippen LogP contribution in [0, 0.1) is 6.92 Å². The number of hydrogen-bond acceptors (Lipinski definition) is 6. The lowest BCUT2D eigenvalue weighted by Gasteiger charge is -2.34. The van der Waals surface area contributed by atoms with Gasteiger partial charge in [0.25, 0.3) is 0 Å². The first-order valence-corrected chi connectivity index (χ1v) is 9.66. The molecule has 0 amide bonds. The number of aromatic nitrogens is 1. The Morgan fingerprint density at radius 3 is 2.72 bits per heavy atom. The van der Waals surface area contributed by atoms with Crippen LogP contribution in [0.15, 0.2) is 34.9 Å². The number of esters is 1. The quantitative estimate of drug-likeness (QED) is 0.752. The Morgan fingerprint density at radius 1 is 1.36 bits per heavy atom. The second-order valence-corrected chi connectivity index (χ2v) is 8.19. The summed E-state index contributed by atoms with van der Waals surface area (Å²) >= 11 is 0. The molecule has 0 spiro atoms. The third-order valence-electron chi connectivity index (χ3n) is 4.23. The van der Waals surface area contributed by atoms with Gasteiger partial charge in [0.15, 0.2) is 12.4 Å². The van der Waals surface area contributed by atoms with Crippen molar-refractivity contribution in [1.82, 2.24) is 9.46 Å². The molecule has 0 radical (unpaired) electrons. The zero-order chi connectivity index (χ0) is 18.0. The number of benzene rings is 1. The maximum absolute atomic E-state index is 12.6. The van der Waals surface area contributed by atoms with Crippen molar-refractivity contribution in [2.24, 2.45) is 0 Å². The van der Waals surface area contributed by atoms with E-state index in [2.05, 4.69) is 5.16 Å². The zero-order valence-electron chi connectivity index (χ0n) is 14.1. The topological polar surface area (TPSA) is 89.7 Å². The molecule has 0 bridgehead atoms. The predicted molar refractivity (Wildman–Crippen MR) is 90.0 cm³/mol. The van der Waals surface area contributed by atoms with E-state index in [9.17, 15) is 13.2 Å². The molecule has 0 saturated carbocycles. The van der Waals surface area contributed by atoms with Crippen LogP contribution >= 0.6 is 0 Å². The van der Waals surface area contributed by atoms with E-state index in [0.29, 0.717) is 17.9 Å². The molecule has 1 aliphatic heterocycles. The molecular formula is C17H20N2O5S. The van der Waals surface area contributed by atoms with Gasteiger partial charge in [0, 0.05) is 19.0 Å². The number of hydrogen-bond donors (Lipinski definition) is 0. The molecule has 25 heavy (non-hydrogen) atoms. The minimum atomic E-state index is -3.54. The normalized spacial score (nSPS) is 17.9. The second kappa shape index (κ2) is 6.97. The molecule has 1 aromatic carbocycles. The minimum absolute atomic E-state index is 0.0692. The highest BCUT2D eigenvalue weighted by molar-refractivity contribution is 7.89. The van der Waals surface area contributed by atoms with Crippen molar-refractivity contribution < 1.29 is 22.5 Å². The average molecular weight is 364 g/mol. The number of fused-ring (bicyclic) bond motifs is 1. The largest absolute Gasteiger partial charge is 0.456 e. The molecule has 134 valence electrons. The van der Waals surface area contributed by atoms with E-state index in [1.807, 2.05) is 24.3 Å². The van der Waals surface area contributed by atoms with E-state index < -0.39 is 22.0 Å². The number of sulfonamides is 1. The number of aryl methyl sites for hydroxylation is 1. The van der Waals surface area contributed by atoms with E-state index >= 15 is 0 Å². The van der Waals surface area contributed by atoms with Crippen molar-refractivity contribution in [2.75, 3.05) is 5.75 Å². The van der Waals surface area contributed by atoms with Crippen LogP contribution in [0.2, 0.25) is 0 Å². The molecular weight excluding hydrogens is 344 g/mol. The van der Waals surface area contributed by atoms with Gasteiger partial charge in [-0.15, -0.1) is 0 Å². The fourth-order valence-electron chi connectivity index (χ4n) is 2.88. The van der Waals surface area contributed by atoms with Crippen molar-refractivity contribution in [3.63, 3.8) is 0 Å². The maximum atomic E-state index is 12.6. The van der Waals surface area contributed by atoms with Gasteiger partial charge in [0.2, 0.25) is 10.0 Å². The SMILES string of the molecule is CCS(=O)(=O)N1Cc2ccccc2CC1C(=O)OCc1cc(C)no1. The average Bonchev–Trinajstić information content (AvgIpc) is 3.03. The van der Waals surface area contributed by atoms with Crippen LogP contribution in [0.25, 0.3) is 0 Å². The highest BCUT2D eigenvalue weighted by Crippen LogP contribution is 2.27. The third kappa shape index (κ3) is 3.74. The zero-order valence-corrected chi connectivity index (χ0v) is 15.0. The Bertz CT molecular complexity index is 875. The van der Waals surface area contributed by atoms with Crippen molar-refractivity contribution in [3.05, 3.63) is 52.9 Å². The van der Waals surface area contributed by atoms with Crippen LogP contribution in [-0.2, 0) is 39.1 Å². The number of rotatable bonds is 5. The van der Waals surface area contributed by atoms with Gasteiger partial charge < -0.3 is 9.26 Å². The summed E-state index contributed by atoms with van der Waals surface area (Å²) in [6, 6.07) is 8.33. The Balaban J connectivity index is 1.81. The molecule has 1 aliphatic rings. The summed E-state index contributed by atoms with van der Waals surface area (Å²) in [6.45, 7) is 3.43. The molecule has 1 aromatic heterocycles. The molecule has 0 saturated heterocycles. The van der Waals surface area contributed by atoms with Gasteiger partial charge in [-0.1, -0.05) is 29.4 Å². The molecule has 8 heteroatoms. The van der Waals surface area contributed by atoms with E-state index in [4.69, 9.17) is 9.26 Å². The molecule has 1 unspecified atom stereocenters. The van der Waals surface area contributed by atoms with Crippen molar-refractivity contribution in [2.45, 2.75) is 39.5 Å². The van der Waals surface area contributed by atoms with Gasteiger partial charge in [-0.05, 0) is 25.0 Å². The summed E-state index contributed by atoms with van der Waals surface area (Å²) < 4.78 is 36.4. The van der Waals surface area contributed by atoms with E-state index in [-0.39, 0.29) is 18.9 Å². The summed E-state index contributed by atoms with van der Waals surface area (Å²) in [7, 11) is -3.54. The Labute approximate surface area is 146 Å². The van der Waals surface area contributed by atoms with Crippen LogP contribution < -0.4 is 0 Å². The predicted octanol–water partition coefficient (Wildman–Crippen LogP) is 1.80. The van der Waals surface area contributed by atoms with Crippen LogP contribution in [0.5, 0.6) is 0 Å². The van der Waals surface area contributed by atoms with Crippen molar-refractivity contribution in [3.8, 4) is 0 Å². The van der Waals surface area contributed by atoms with Gasteiger partial charge in [-0.3, -0.25) is 4.79 Å². The van der Waals surface area contributed by atoms with Crippen LogP contribution in [0.4, 0.5) is 0 Å². The number of ether oxygens (including phenoxy) is 1. The molecule has 0 N–H and O–H groups in total. The first-order valence-electron chi connectivity index (χ1n) is 8.06. The Hall–Kier alpha value is -2.19. The summed E-state index contributed by atoms with van der Waals surface area (Å²) in [5, 5.41) is 3.73. The molecule has 3 rings (SSSR count). The number of carbonyl (C=O) groups excluding carboxylic acids is 1. The minimum Gasteiger partial charge on any atom is -0.456 e. The van der Waals surface area contributed by atoms with Crippen molar-refractivity contribution >= 4 is 16.0 Å². The van der Waals surface area contributed by atoms with Crippen LogP contribution in [-0.4, -0.2) is 35.6 Å². The molecule has 0 fully saturated rings. The highest BCUT2D eigenvalue weighted by Gasteiger charge is 2.39. The highest BCUT2D eigenvalue weighted by atomic mass is 32.2. The van der Waals surface area contributed by atoms with Gasteiger partial charge in [-0.25, -0.2) is 8.42 Å². The number of carbonyl (C=O) groups is 1. The maximum Gasteiger partial charge on any atom is 0.325 e. The first-order chi connectivity index (χ1) is 11.9. The van der Waals surface area contributed by atoms with E-state index in [1.165, 1.54) is 4.31 Å². The lowest BCUT2D eigenvalue weighted by Crippen LogP contribution is -2.49.